The molecule has 0 bridgehead atoms. The highest BCUT2D eigenvalue weighted by Gasteiger charge is 2.22. The quantitative estimate of drug-likeness (QED) is 0.716. The largest absolute Gasteiger partial charge is 0.348 e. The molecule has 1 saturated heterocycles. The van der Waals surface area contributed by atoms with Crippen molar-refractivity contribution in [2.75, 3.05) is 19.6 Å². The van der Waals surface area contributed by atoms with Crippen LogP contribution in [0.3, 0.4) is 0 Å². The number of nitrogens with zero attached hydrogens (tertiary/aromatic N) is 1. The second-order valence-electron chi connectivity index (χ2n) is 6.69. The average molecular weight is 356 g/mol. The molecular weight excluding hydrogens is 332 g/mol. The number of amides is 1. The highest BCUT2D eigenvalue weighted by molar-refractivity contribution is 5.93. The Morgan fingerprint density at radius 3 is 2.81 bits per heavy atom. The Hall–Kier alpha value is -2.67. The number of aromatic amines is 2. The number of rotatable bonds is 6. The maximum atomic E-state index is 12.3. The van der Waals surface area contributed by atoms with Crippen LogP contribution in [0.15, 0.2) is 46.1 Å². The van der Waals surface area contributed by atoms with E-state index < -0.39 is 17.2 Å². The van der Waals surface area contributed by atoms with E-state index in [1.54, 1.807) is 0 Å². The molecule has 1 aromatic carbocycles. The summed E-state index contributed by atoms with van der Waals surface area (Å²) < 4.78 is 0. The summed E-state index contributed by atoms with van der Waals surface area (Å²) >= 11 is 0. The summed E-state index contributed by atoms with van der Waals surface area (Å²) in [6, 6.07) is 10.4. The van der Waals surface area contributed by atoms with Gasteiger partial charge >= 0.3 is 5.69 Å². The number of benzene rings is 1. The van der Waals surface area contributed by atoms with Gasteiger partial charge in [0.15, 0.2) is 0 Å². The number of likely N-dealkylation sites (tertiary alicyclic amines) is 1. The number of aromatic nitrogens is 2. The van der Waals surface area contributed by atoms with Gasteiger partial charge in [-0.25, -0.2) is 4.79 Å². The molecule has 7 heteroatoms. The molecule has 26 heavy (non-hydrogen) atoms. The Morgan fingerprint density at radius 2 is 2.04 bits per heavy atom. The van der Waals surface area contributed by atoms with Crippen molar-refractivity contribution < 1.29 is 4.79 Å². The smallest absolute Gasteiger partial charge is 0.325 e. The van der Waals surface area contributed by atoms with Gasteiger partial charge in [0.1, 0.15) is 5.56 Å². The molecule has 1 fully saturated rings. The van der Waals surface area contributed by atoms with Crippen molar-refractivity contribution in [1.82, 2.24) is 20.2 Å². The number of carbonyl (C=O) groups is 1. The number of carbonyl (C=O) groups excluding carboxylic acids is 1. The van der Waals surface area contributed by atoms with Crippen molar-refractivity contribution >= 4 is 5.91 Å². The molecular formula is C19H24N4O3. The van der Waals surface area contributed by atoms with Crippen LogP contribution < -0.4 is 16.6 Å². The second-order valence-corrected chi connectivity index (χ2v) is 6.69. The minimum absolute atomic E-state index is 0.0132. The number of piperidine rings is 1. The normalized spacial score (nSPS) is 17.8. The third-order valence-corrected chi connectivity index (χ3v) is 4.69. The van der Waals surface area contributed by atoms with Gasteiger partial charge in [-0.3, -0.25) is 14.6 Å². The van der Waals surface area contributed by atoms with Gasteiger partial charge in [-0.15, -0.1) is 0 Å². The summed E-state index contributed by atoms with van der Waals surface area (Å²) in [5.41, 5.74) is -0.00644. The SMILES string of the molecule is O=C(N[C@H]1CCCN(CCCc2ccccc2)C1)c1c[nH]c(=O)[nH]c1=O. The van der Waals surface area contributed by atoms with Crippen LogP contribution in [0.5, 0.6) is 0 Å². The number of nitrogens with one attached hydrogen (secondary N) is 3. The Balaban J connectivity index is 1.49. The molecule has 138 valence electrons. The first-order chi connectivity index (χ1) is 12.6. The molecule has 1 aliphatic heterocycles. The highest BCUT2D eigenvalue weighted by Crippen LogP contribution is 2.12. The molecule has 0 spiro atoms. The van der Waals surface area contributed by atoms with Gasteiger partial charge in [-0.05, 0) is 44.3 Å². The zero-order valence-corrected chi connectivity index (χ0v) is 14.7. The first-order valence-corrected chi connectivity index (χ1v) is 9.01. The fraction of sp³-hybridized carbons (Fsp3) is 0.421. The van der Waals surface area contributed by atoms with Crippen LogP contribution in [0.25, 0.3) is 0 Å². The van der Waals surface area contributed by atoms with Gasteiger partial charge in [0.05, 0.1) is 0 Å². The van der Waals surface area contributed by atoms with Crippen LogP contribution in [-0.4, -0.2) is 46.5 Å². The topological polar surface area (TPSA) is 98.1 Å². The van der Waals surface area contributed by atoms with E-state index in [9.17, 15) is 14.4 Å². The molecule has 0 unspecified atom stereocenters. The lowest BCUT2D eigenvalue weighted by atomic mass is 10.0. The summed E-state index contributed by atoms with van der Waals surface area (Å²) in [6.07, 6.45) is 5.18. The lowest BCUT2D eigenvalue weighted by molar-refractivity contribution is 0.0901. The van der Waals surface area contributed by atoms with E-state index in [1.807, 2.05) is 6.07 Å². The molecule has 2 heterocycles. The number of hydrogen-bond acceptors (Lipinski definition) is 4. The van der Waals surface area contributed by atoms with Crippen molar-refractivity contribution in [2.24, 2.45) is 0 Å². The maximum Gasteiger partial charge on any atom is 0.325 e. The van der Waals surface area contributed by atoms with Crippen LogP contribution >= 0.6 is 0 Å². The van der Waals surface area contributed by atoms with E-state index in [0.717, 1.165) is 51.5 Å². The standard InChI is InChI=1S/C19H24N4O3/c24-17(16-12-20-19(26)22-18(16)25)21-15-9-5-11-23(13-15)10-4-8-14-6-2-1-3-7-14/h1-3,6-7,12,15H,4-5,8-11,13H2,(H,21,24)(H2,20,22,25,26)/t15-/m0/s1. The number of hydrogen-bond donors (Lipinski definition) is 3. The molecule has 1 atom stereocenters. The molecule has 3 N–H and O–H groups in total. The van der Waals surface area contributed by atoms with E-state index in [0.29, 0.717) is 0 Å². The first kappa shape index (κ1) is 18.1. The van der Waals surface area contributed by atoms with E-state index in [-0.39, 0.29) is 11.6 Å². The third kappa shape index (κ3) is 4.92. The summed E-state index contributed by atoms with van der Waals surface area (Å²) in [5.74, 6) is -0.446. The Morgan fingerprint density at radius 1 is 1.23 bits per heavy atom. The lowest BCUT2D eigenvalue weighted by Crippen LogP contribution is -2.49. The highest BCUT2D eigenvalue weighted by atomic mass is 16.2. The molecule has 0 radical (unpaired) electrons. The molecule has 0 aliphatic carbocycles. The molecule has 2 aromatic rings. The van der Waals surface area contributed by atoms with Crippen molar-refractivity contribution in [2.45, 2.75) is 31.7 Å². The summed E-state index contributed by atoms with van der Waals surface area (Å²) in [4.78, 5) is 41.8. The summed E-state index contributed by atoms with van der Waals surface area (Å²) in [6.45, 7) is 2.79. The van der Waals surface area contributed by atoms with Gasteiger partial charge in [0, 0.05) is 18.8 Å². The van der Waals surface area contributed by atoms with Gasteiger partial charge in [-0.1, -0.05) is 30.3 Å². The number of H-pyrrole nitrogens is 2. The van der Waals surface area contributed by atoms with Crippen LogP contribution in [0.2, 0.25) is 0 Å². The summed E-state index contributed by atoms with van der Waals surface area (Å²) in [7, 11) is 0. The van der Waals surface area contributed by atoms with Crippen molar-refractivity contribution in [1.29, 1.82) is 0 Å². The minimum atomic E-state index is -0.665. The molecule has 1 aromatic heterocycles. The maximum absolute atomic E-state index is 12.3. The lowest BCUT2D eigenvalue weighted by Gasteiger charge is -2.33. The van der Waals surface area contributed by atoms with Crippen LogP contribution in [0.4, 0.5) is 0 Å². The minimum Gasteiger partial charge on any atom is -0.348 e. The van der Waals surface area contributed by atoms with E-state index in [2.05, 4.69) is 44.5 Å². The molecule has 1 aliphatic rings. The van der Waals surface area contributed by atoms with Crippen molar-refractivity contribution in [3.8, 4) is 0 Å². The molecule has 7 nitrogen and oxygen atoms in total. The van der Waals surface area contributed by atoms with Crippen LogP contribution in [0, 0.1) is 0 Å². The third-order valence-electron chi connectivity index (χ3n) is 4.69. The Kier molecular flexibility index (Phi) is 6.01. The zero-order valence-electron chi connectivity index (χ0n) is 14.7. The van der Waals surface area contributed by atoms with Gasteiger partial charge in [0.25, 0.3) is 11.5 Å². The predicted octanol–water partition coefficient (Wildman–Crippen LogP) is 0.890. The van der Waals surface area contributed by atoms with Crippen molar-refractivity contribution in [3.63, 3.8) is 0 Å². The van der Waals surface area contributed by atoms with Crippen LogP contribution in [-0.2, 0) is 6.42 Å². The predicted molar refractivity (Wildman–Crippen MR) is 99.4 cm³/mol. The average Bonchev–Trinajstić information content (AvgIpc) is 2.63. The Labute approximate surface area is 151 Å². The molecule has 3 rings (SSSR count). The second kappa shape index (κ2) is 8.62. The van der Waals surface area contributed by atoms with E-state index in [4.69, 9.17) is 0 Å². The first-order valence-electron chi connectivity index (χ1n) is 9.01. The van der Waals surface area contributed by atoms with Crippen LogP contribution in [0.1, 0.15) is 35.2 Å². The molecule has 0 saturated carbocycles. The summed E-state index contributed by atoms with van der Waals surface area (Å²) in [5, 5.41) is 2.91. The Bertz CT molecular complexity index is 844. The van der Waals surface area contributed by atoms with Gasteiger partial charge in [0.2, 0.25) is 0 Å². The zero-order chi connectivity index (χ0) is 18.4. The fourth-order valence-corrected chi connectivity index (χ4v) is 3.37. The molecule has 1 amide bonds. The van der Waals surface area contributed by atoms with E-state index >= 15 is 0 Å². The van der Waals surface area contributed by atoms with Crippen molar-refractivity contribution in [3.05, 3.63) is 68.5 Å². The van der Waals surface area contributed by atoms with Gasteiger partial charge in [-0.2, -0.15) is 0 Å². The van der Waals surface area contributed by atoms with E-state index in [1.165, 1.54) is 5.56 Å². The number of aryl methyl sites for hydroxylation is 1. The fourth-order valence-electron chi connectivity index (χ4n) is 3.37. The monoisotopic (exact) mass is 356 g/mol. The van der Waals surface area contributed by atoms with Gasteiger partial charge < -0.3 is 15.2 Å².